The van der Waals surface area contributed by atoms with Gasteiger partial charge in [-0.3, -0.25) is 9.52 Å². The number of nitrogens with zero attached hydrogens (tertiary/aromatic N) is 1. The van der Waals surface area contributed by atoms with Crippen molar-refractivity contribution in [1.29, 1.82) is 0 Å². The zero-order valence-electron chi connectivity index (χ0n) is 18.5. The lowest BCUT2D eigenvalue weighted by atomic mass is 10.2. The van der Waals surface area contributed by atoms with Gasteiger partial charge in [0.05, 0.1) is 18.1 Å². The van der Waals surface area contributed by atoms with E-state index in [-0.39, 0.29) is 10.8 Å². The lowest BCUT2D eigenvalue weighted by Gasteiger charge is -2.18. The van der Waals surface area contributed by atoms with Crippen LogP contribution in [-0.4, -0.2) is 34.6 Å². The second-order valence-electron chi connectivity index (χ2n) is 7.00. The molecule has 33 heavy (non-hydrogen) atoms. The van der Waals surface area contributed by atoms with Crippen molar-refractivity contribution in [2.75, 3.05) is 29.9 Å². The van der Waals surface area contributed by atoms with Gasteiger partial charge in [-0.05, 0) is 74.5 Å². The number of halogens is 1. The molecular weight excluding hydrogens is 464 g/mol. The molecule has 0 aliphatic carbocycles. The molecule has 0 atom stereocenters. The average Bonchev–Trinajstić information content (AvgIpc) is 2.80. The zero-order chi connectivity index (χ0) is 24.0. The van der Waals surface area contributed by atoms with E-state index in [4.69, 9.17) is 21.1 Å². The molecule has 7 nitrogen and oxygen atoms in total. The number of rotatable bonds is 9. The van der Waals surface area contributed by atoms with Crippen molar-refractivity contribution in [1.82, 2.24) is 0 Å². The number of hydrogen-bond donors (Lipinski definition) is 1. The van der Waals surface area contributed by atoms with Crippen LogP contribution in [0, 0.1) is 0 Å². The normalized spacial score (nSPS) is 11.0. The van der Waals surface area contributed by atoms with E-state index in [0.29, 0.717) is 46.7 Å². The van der Waals surface area contributed by atoms with E-state index in [2.05, 4.69) is 4.72 Å². The Labute approximate surface area is 198 Å². The van der Waals surface area contributed by atoms with Crippen LogP contribution in [0.4, 0.5) is 11.4 Å². The van der Waals surface area contributed by atoms with Gasteiger partial charge < -0.3 is 14.4 Å². The van der Waals surface area contributed by atoms with Gasteiger partial charge in [-0.2, -0.15) is 0 Å². The Balaban J connectivity index is 1.76. The lowest BCUT2D eigenvalue weighted by Crippen LogP contribution is -2.26. The number of ether oxygens (including phenoxy) is 2. The molecule has 0 heterocycles. The molecule has 0 spiro atoms. The van der Waals surface area contributed by atoms with Crippen LogP contribution in [-0.2, 0) is 10.0 Å². The first-order valence-corrected chi connectivity index (χ1v) is 12.2. The van der Waals surface area contributed by atoms with Crippen molar-refractivity contribution in [3.8, 4) is 11.5 Å². The number of nitrogens with one attached hydrogen (secondary N) is 1. The standard InChI is InChI=1S/C24H25ClN2O5S/c1-4-31-22-15-14-21(16-23(22)32-5-2)33(29,30)26-19-10-12-20(13-11-19)27(3)24(28)17-6-8-18(25)9-7-17/h6-16,26H,4-5H2,1-3H3. The largest absolute Gasteiger partial charge is 0.490 e. The van der Waals surface area contributed by atoms with Gasteiger partial charge >= 0.3 is 0 Å². The Kier molecular flexibility index (Phi) is 7.84. The number of carbonyl (C=O) groups excluding carboxylic acids is 1. The van der Waals surface area contributed by atoms with Gasteiger partial charge in [0.1, 0.15) is 0 Å². The highest BCUT2D eigenvalue weighted by molar-refractivity contribution is 7.92. The third-order valence-electron chi connectivity index (χ3n) is 4.73. The molecule has 3 aromatic carbocycles. The smallest absolute Gasteiger partial charge is 0.262 e. The first kappa shape index (κ1) is 24.4. The molecule has 0 unspecified atom stereocenters. The third kappa shape index (κ3) is 5.97. The maximum Gasteiger partial charge on any atom is 0.262 e. The van der Waals surface area contributed by atoms with E-state index in [1.165, 1.54) is 17.0 Å². The predicted octanol–water partition coefficient (Wildman–Crippen LogP) is 5.21. The summed E-state index contributed by atoms with van der Waals surface area (Å²) in [6.45, 7) is 4.46. The number of anilines is 2. The molecule has 0 saturated heterocycles. The molecule has 0 aromatic heterocycles. The molecule has 0 fully saturated rings. The Morgan fingerprint density at radius 1 is 0.909 bits per heavy atom. The van der Waals surface area contributed by atoms with Crippen LogP contribution >= 0.6 is 11.6 Å². The van der Waals surface area contributed by atoms with Gasteiger partial charge in [0.15, 0.2) is 11.5 Å². The predicted molar refractivity (Wildman–Crippen MR) is 130 cm³/mol. The second kappa shape index (κ2) is 10.6. The van der Waals surface area contributed by atoms with Crippen molar-refractivity contribution < 1.29 is 22.7 Å². The first-order valence-electron chi connectivity index (χ1n) is 10.3. The topological polar surface area (TPSA) is 84.9 Å². The van der Waals surface area contributed by atoms with Crippen LogP contribution in [0.1, 0.15) is 24.2 Å². The quantitative estimate of drug-likeness (QED) is 0.446. The van der Waals surface area contributed by atoms with Gasteiger partial charge in [0, 0.05) is 35.1 Å². The summed E-state index contributed by atoms with van der Waals surface area (Å²) in [5.74, 6) is 0.633. The van der Waals surface area contributed by atoms with Gasteiger partial charge in [0.25, 0.3) is 15.9 Å². The van der Waals surface area contributed by atoms with Crippen LogP contribution in [0.3, 0.4) is 0 Å². The van der Waals surface area contributed by atoms with Crippen molar-refractivity contribution in [2.45, 2.75) is 18.7 Å². The van der Waals surface area contributed by atoms with Crippen LogP contribution in [0.2, 0.25) is 5.02 Å². The number of carbonyl (C=O) groups is 1. The summed E-state index contributed by atoms with van der Waals surface area (Å²) in [6.07, 6.45) is 0. The van der Waals surface area contributed by atoms with E-state index in [1.807, 2.05) is 13.8 Å². The van der Waals surface area contributed by atoms with Gasteiger partial charge in [0.2, 0.25) is 0 Å². The molecule has 0 radical (unpaired) electrons. The number of sulfonamides is 1. The number of hydrogen-bond acceptors (Lipinski definition) is 5. The highest BCUT2D eigenvalue weighted by Gasteiger charge is 2.18. The van der Waals surface area contributed by atoms with Crippen LogP contribution in [0.5, 0.6) is 11.5 Å². The summed E-state index contributed by atoms with van der Waals surface area (Å²) in [4.78, 5) is 14.2. The Morgan fingerprint density at radius 3 is 2.12 bits per heavy atom. The molecule has 3 aromatic rings. The number of benzene rings is 3. The Bertz CT molecular complexity index is 1210. The minimum atomic E-state index is -3.86. The van der Waals surface area contributed by atoms with Crippen molar-refractivity contribution in [3.63, 3.8) is 0 Å². The molecule has 1 amide bonds. The molecule has 174 valence electrons. The lowest BCUT2D eigenvalue weighted by molar-refractivity contribution is 0.0993. The van der Waals surface area contributed by atoms with Gasteiger partial charge in [-0.15, -0.1) is 0 Å². The summed E-state index contributed by atoms with van der Waals surface area (Å²) in [5, 5.41) is 0.548. The maximum atomic E-state index is 12.9. The SMILES string of the molecule is CCOc1ccc(S(=O)(=O)Nc2ccc(N(C)C(=O)c3ccc(Cl)cc3)cc2)cc1OCC. The molecule has 3 rings (SSSR count). The third-order valence-corrected chi connectivity index (χ3v) is 6.36. The fourth-order valence-electron chi connectivity index (χ4n) is 3.07. The van der Waals surface area contributed by atoms with Gasteiger partial charge in [-0.1, -0.05) is 11.6 Å². The van der Waals surface area contributed by atoms with E-state index >= 15 is 0 Å². The van der Waals surface area contributed by atoms with E-state index in [1.54, 1.807) is 61.6 Å². The van der Waals surface area contributed by atoms with Crippen molar-refractivity contribution in [3.05, 3.63) is 77.3 Å². The molecule has 0 aliphatic heterocycles. The Hall–Kier alpha value is -3.23. The van der Waals surface area contributed by atoms with Crippen LogP contribution < -0.4 is 19.1 Å². The fraction of sp³-hybridized carbons (Fsp3) is 0.208. The fourth-order valence-corrected chi connectivity index (χ4v) is 4.27. The van der Waals surface area contributed by atoms with Crippen molar-refractivity contribution >= 4 is 38.9 Å². The Morgan fingerprint density at radius 2 is 1.52 bits per heavy atom. The van der Waals surface area contributed by atoms with E-state index < -0.39 is 10.0 Å². The summed E-state index contributed by atoms with van der Waals surface area (Å²) in [7, 11) is -2.22. The number of amides is 1. The second-order valence-corrected chi connectivity index (χ2v) is 9.12. The highest BCUT2D eigenvalue weighted by Crippen LogP contribution is 2.31. The van der Waals surface area contributed by atoms with Crippen molar-refractivity contribution in [2.24, 2.45) is 0 Å². The first-order chi connectivity index (χ1) is 15.7. The monoisotopic (exact) mass is 488 g/mol. The van der Waals surface area contributed by atoms with E-state index in [9.17, 15) is 13.2 Å². The molecule has 9 heteroatoms. The minimum Gasteiger partial charge on any atom is -0.490 e. The molecular formula is C24H25ClN2O5S. The minimum absolute atomic E-state index is 0.0495. The molecule has 0 bridgehead atoms. The van der Waals surface area contributed by atoms with Crippen LogP contribution in [0.15, 0.2) is 71.6 Å². The van der Waals surface area contributed by atoms with Gasteiger partial charge in [-0.25, -0.2) is 8.42 Å². The van der Waals surface area contributed by atoms with Crippen LogP contribution in [0.25, 0.3) is 0 Å². The molecule has 0 saturated carbocycles. The highest BCUT2D eigenvalue weighted by atomic mass is 35.5. The summed E-state index contributed by atoms with van der Waals surface area (Å²) < 4.78 is 39.3. The summed E-state index contributed by atoms with van der Waals surface area (Å²) in [6, 6.07) is 17.6. The molecule has 1 N–H and O–H groups in total. The zero-order valence-corrected chi connectivity index (χ0v) is 20.1. The summed E-state index contributed by atoms with van der Waals surface area (Å²) >= 11 is 5.88. The molecule has 0 aliphatic rings. The van der Waals surface area contributed by atoms with E-state index in [0.717, 1.165) is 0 Å². The average molecular weight is 489 g/mol. The summed E-state index contributed by atoms with van der Waals surface area (Å²) in [5.41, 5.74) is 1.46. The maximum absolute atomic E-state index is 12.9.